The zero-order chi connectivity index (χ0) is 16.8. The first kappa shape index (κ1) is 15.5. The van der Waals surface area contributed by atoms with Crippen molar-refractivity contribution in [2.24, 2.45) is 5.92 Å². The first-order chi connectivity index (χ1) is 11.6. The van der Waals surface area contributed by atoms with Gasteiger partial charge in [-0.15, -0.1) is 0 Å². The summed E-state index contributed by atoms with van der Waals surface area (Å²) in [6, 6.07) is 12.3. The van der Waals surface area contributed by atoms with Gasteiger partial charge in [0.15, 0.2) is 0 Å². The lowest BCUT2D eigenvalue weighted by molar-refractivity contribution is 0.0696. The minimum absolute atomic E-state index is 0.178. The molecule has 1 aliphatic carbocycles. The second kappa shape index (κ2) is 5.78. The Morgan fingerprint density at radius 2 is 2.12 bits per heavy atom. The molecular formula is C20H18BrNO2. The van der Waals surface area contributed by atoms with Crippen molar-refractivity contribution in [2.75, 3.05) is 5.32 Å². The summed E-state index contributed by atoms with van der Waals surface area (Å²) in [4.78, 5) is 11.5. The van der Waals surface area contributed by atoms with E-state index in [2.05, 4.69) is 51.6 Å². The SMILES string of the molecule is Cc1c(C(=O)O)ccc2c1N[C@H](c1cccc(Br)c1)[C@H]1CC=C[C@H]21. The Morgan fingerprint density at radius 3 is 2.88 bits per heavy atom. The summed E-state index contributed by atoms with van der Waals surface area (Å²) < 4.78 is 1.06. The average Bonchev–Trinajstić information content (AvgIpc) is 3.04. The number of carboxylic acid groups (broad SMARTS) is 1. The van der Waals surface area contributed by atoms with E-state index in [0.717, 1.165) is 22.1 Å². The van der Waals surface area contributed by atoms with Crippen LogP contribution in [0, 0.1) is 12.8 Å². The van der Waals surface area contributed by atoms with Crippen LogP contribution in [0.25, 0.3) is 0 Å². The molecule has 0 unspecified atom stereocenters. The molecule has 4 rings (SSSR count). The average molecular weight is 384 g/mol. The standard InChI is InChI=1S/C20H18BrNO2/c1-11-14(20(23)24)8-9-17-15-6-3-7-16(15)19(22-18(11)17)12-4-2-5-13(21)10-12/h2-6,8-10,15-16,19,22H,7H2,1H3,(H,23,24)/t15-,16-,19+/m0/s1. The van der Waals surface area contributed by atoms with Crippen LogP contribution in [0.4, 0.5) is 5.69 Å². The fraction of sp³-hybridized carbons (Fsp3) is 0.250. The minimum Gasteiger partial charge on any atom is -0.478 e. The van der Waals surface area contributed by atoms with Crippen molar-refractivity contribution in [1.29, 1.82) is 0 Å². The van der Waals surface area contributed by atoms with E-state index in [9.17, 15) is 9.90 Å². The van der Waals surface area contributed by atoms with Crippen LogP contribution in [0.3, 0.4) is 0 Å². The maximum atomic E-state index is 11.5. The number of benzene rings is 2. The topological polar surface area (TPSA) is 49.3 Å². The van der Waals surface area contributed by atoms with E-state index in [-0.39, 0.29) is 6.04 Å². The van der Waals surface area contributed by atoms with E-state index in [1.165, 1.54) is 11.1 Å². The lowest BCUT2D eigenvalue weighted by atomic mass is 9.76. The van der Waals surface area contributed by atoms with E-state index in [0.29, 0.717) is 17.4 Å². The van der Waals surface area contributed by atoms with Crippen LogP contribution >= 0.6 is 15.9 Å². The molecule has 0 saturated heterocycles. The monoisotopic (exact) mass is 383 g/mol. The fourth-order valence-corrected chi connectivity index (χ4v) is 4.49. The van der Waals surface area contributed by atoms with Gasteiger partial charge >= 0.3 is 5.97 Å². The molecule has 2 aromatic carbocycles. The van der Waals surface area contributed by atoms with Crippen LogP contribution in [0.15, 0.2) is 53.0 Å². The molecule has 0 saturated carbocycles. The molecule has 122 valence electrons. The molecule has 4 heteroatoms. The Morgan fingerprint density at radius 1 is 1.29 bits per heavy atom. The summed E-state index contributed by atoms with van der Waals surface area (Å²) in [6.45, 7) is 1.90. The Bertz CT molecular complexity index is 859. The van der Waals surface area contributed by atoms with Gasteiger partial charge in [0.25, 0.3) is 0 Å². The minimum atomic E-state index is -0.875. The zero-order valence-electron chi connectivity index (χ0n) is 13.3. The number of halogens is 1. The van der Waals surface area contributed by atoms with Crippen LogP contribution in [-0.4, -0.2) is 11.1 Å². The van der Waals surface area contributed by atoms with Crippen LogP contribution < -0.4 is 5.32 Å². The molecule has 24 heavy (non-hydrogen) atoms. The second-order valence-electron chi connectivity index (χ2n) is 6.54. The highest BCUT2D eigenvalue weighted by molar-refractivity contribution is 9.10. The van der Waals surface area contributed by atoms with E-state index in [1.54, 1.807) is 6.07 Å². The highest BCUT2D eigenvalue weighted by Gasteiger charge is 2.38. The van der Waals surface area contributed by atoms with Gasteiger partial charge in [-0.3, -0.25) is 0 Å². The smallest absolute Gasteiger partial charge is 0.336 e. The van der Waals surface area contributed by atoms with Gasteiger partial charge in [-0.25, -0.2) is 4.79 Å². The number of fused-ring (bicyclic) bond motifs is 3. The number of nitrogens with one attached hydrogen (secondary N) is 1. The Kier molecular flexibility index (Phi) is 3.72. The van der Waals surface area contributed by atoms with Gasteiger partial charge in [0, 0.05) is 16.1 Å². The van der Waals surface area contributed by atoms with E-state index in [4.69, 9.17) is 0 Å². The first-order valence-electron chi connectivity index (χ1n) is 8.11. The van der Waals surface area contributed by atoms with Crippen LogP contribution in [0.2, 0.25) is 0 Å². The van der Waals surface area contributed by atoms with Gasteiger partial charge < -0.3 is 10.4 Å². The summed E-state index contributed by atoms with van der Waals surface area (Å²) >= 11 is 3.56. The molecular weight excluding hydrogens is 366 g/mol. The van der Waals surface area contributed by atoms with Crippen molar-refractivity contribution >= 4 is 27.6 Å². The van der Waals surface area contributed by atoms with Gasteiger partial charge in [-0.2, -0.15) is 0 Å². The summed E-state index contributed by atoms with van der Waals surface area (Å²) in [5, 5.41) is 13.1. The van der Waals surface area contributed by atoms with Crippen molar-refractivity contribution in [3.8, 4) is 0 Å². The molecule has 1 heterocycles. The van der Waals surface area contributed by atoms with Crippen LogP contribution in [0.5, 0.6) is 0 Å². The molecule has 1 aliphatic heterocycles. The largest absolute Gasteiger partial charge is 0.478 e. The lowest BCUT2D eigenvalue weighted by Crippen LogP contribution is -2.30. The summed E-state index contributed by atoms with van der Waals surface area (Å²) in [6.07, 6.45) is 5.56. The molecule has 3 nitrogen and oxygen atoms in total. The number of hydrogen-bond acceptors (Lipinski definition) is 2. The molecule has 0 fully saturated rings. The Labute approximate surface area is 149 Å². The maximum absolute atomic E-state index is 11.5. The van der Waals surface area contributed by atoms with E-state index >= 15 is 0 Å². The van der Waals surface area contributed by atoms with Crippen molar-refractivity contribution in [3.05, 3.63) is 75.3 Å². The molecule has 2 N–H and O–H groups in total. The summed E-state index contributed by atoms with van der Waals surface area (Å²) in [7, 11) is 0. The number of hydrogen-bond donors (Lipinski definition) is 2. The van der Waals surface area contributed by atoms with Crippen LogP contribution in [0.1, 0.15) is 45.4 Å². The molecule has 0 radical (unpaired) electrons. The maximum Gasteiger partial charge on any atom is 0.336 e. The van der Waals surface area contributed by atoms with E-state index in [1.807, 2.05) is 19.1 Å². The van der Waals surface area contributed by atoms with Crippen LogP contribution in [-0.2, 0) is 0 Å². The van der Waals surface area contributed by atoms with Gasteiger partial charge in [0.05, 0.1) is 11.6 Å². The fourth-order valence-electron chi connectivity index (χ4n) is 4.08. The Hall–Kier alpha value is -2.07. The third kappa shape index (κ3) is 2.37. The summed E-state index contributed by atoms with van der Waals surface area (Å²) in [5.41, 5.74) is 4.61. The van der Waals surface area contributed by atoms with Crippen molar-refractivity contribution < 1.29 is 9.90 Å². The Balaban J connectivity index is 1.85. The molecule has 2 aromatic rings. The third-order valence-electron chi connectivity index (χ3n) is 5.24. The summed E-state index contributed by atoms with van der Waals surface area (Å²) in [5.74, 6) is -0.0751. The predicted octanol–water partition coefficient (Wildman–Crippen LogP) is 5.28. The normalized spacial score (nSPS) is 24.2. The number of carboxylic acids is 1. The molecule has 3 atom stereocenters. The first-order valence-corrected chi connectivity index (χ1v) is 8.91. The highest BCUT2D eigenvalue weighted by Crippen LogP contribution is 2.51. The van der Waals surface area contributed by atoms with Crippen molar-refractivity contribution in [2.45, 2.75) is 25.3 Å². The molecule has 0 aromatic heterocycles. The zero-order valence-corrected chi connectivity index (χ0v) is 14.9. The molecule has 0 bridgehead atoms. The van der Waals surface area contributed by atoms with Gasteiger partial charge in [-0.05, 0) is 54.2 Å². The van der Waals surface area contributed by atoms with Crippen molar-refractivity contribution in [1.82, 2.24) is 0 Å². The van der Waals surface area contributed by atoms with E-state index < -0.39 is 5.97 Å². The quantitative estimate of drug-likeness (QED) is 0.693. The number of rotatable bonds is 2. The second-order valence-corrected chi connectivity index (χ2v) is 7.45. The van der Waals surface area contributed by atoms with Gasteiger partial charge in [0.2, 0.25) is 0 Å². The molecule has 2 aliphatic rings. The number of allylic oxidation sites excluding steroid dienone is 2. The number of carbonyl (C=O) groups is 1. The number of anilines is 1. The van der Waals surface area contributed by atoms with Gasteiger partial charge in [-0.1, -0.05) is 46.3 Å². The predicted molar refractivity (Wildman–Crippen MR) is 98.6 cm³/mol. The van der Waals surface area contributed by atoms with Gasteiger partial charge in [0.1, 0.15) is 0 Å². The number of aromatic carboxylic acids is 1. The molecule has 0 amide bonds. The highest BCUT2D eigenvalue weighted by atomic mass is 79.9. The molecule has 0 spiro atoms. The van der Waals surface area contributed by atoms with Crippen molar-refractivity contribution in [3.63, 3.8) is 0 Å². The third-order valence-corrected chi connectivity index (χ3v) is 5.73. The lowest BCUT2D eigenvalue weighted by Gasteiger charge is -2.38.